The van der Waals surface area contributed by atoms with Gasteiger partial charge in [-0.2, -0.15) is 0 Å². The van der Waals surface area contributed by atoms with Crippen molar-refractivity contribution in [2.75, 3.05) is 17.7 Å². The summed E-state index contributed by atoms with van der Waals surface area (Å²) < 4.78 is 12.1. The van der Waals surface area contributed by atoms with Crippen LogP contribution in [0.1, 0.15) is 29.5 Å². The number of nitrogens with zero attached hydrogens (tertiary/aromatic N) is 2. The first kappa shape index (κ1) is 16.9. The first-order chi connectivity index (χ1) is 13.6. The molecule has 3 aromatic rings. The minimum Gasteiger partial charge on any atom is -0.492 e. The minimum atomic E-state index is 0.145. The molecule has 1 aliphatic heterocycles. The van der Waals surface area contributed by atoms with Gasteiger partial charge in [-0.25, -0.2) is 9.97 Å². The summed E-state index contributed by atoms with van der Waals surface area (Å²) in [5, 5.41) is 3.20. The lowest BCUT2D eigenvalue weighted by molar-refractivity contribution is 0.322. The van der Waals surface area contributed by atoms with Crippen LogP contribution >= 0.6 is 0 Å². The maximum absolute atomic E-state index is 6.14. The largest absolute Gasteiger partial charge is 0.492 e. The SMILES string of the molecule is Cc1ccnc(Nc2ccc(Oc3ccc(C)c4c3C3(CC3)CO4)nc2)c1N. The van der Waals surface area contributed by atoms with Crippen molar-refractivity contribution >= 4 is 17.2 Å². The van der Waals surface area contributed by atoms with Gasteiger partial charge < -0.3 is 20.5 Å². The quantitative estimate of drug-likeness (QED) is 0.692. The third kappa shape index (κ3) is 2.72. The second kappa shape index (κ2) is 6.12. The van der Waals surface area contributed by atoms with E-state index in [-0.39, 0.29) is 5.41 Å². The highest BCUT2D eigenvalue weighted by atomic mass is 16.5. The minimum absolute atomic E-state index is 0.145. The van der Waals surface area contributed by atoms with E-state index in [1.54, 1.807) is 12.4 Å². The highest BCUT2D eigenvalue weighted by molar-refractivity contribution is 5.70. The lowest BCUT2D eigenvalue weighted by atomic mass is 9.95. The van der Waals surface area contributed by atoms with Gasteiger partial charge in [0.25, 0.3) is 0 Å². The number of nitrogen functional groups attached to an aromatic ring is 1. The van der Waals surface area contributed by atoms with Crippen LogP contribution in [0.3, 0.4) is 0 Å². The van der Waals surface area contributed by atoms with Crippen molar-refractivity contribution in [3.8, 4) is 17.4 Å². The van der Waals surface area contributed by atoms with Gasteiger partial charge >= 0.3 is 0 Å². The Hall–Kier alpha value is -3.28. The molecule has 1 spiro atoms. The van der Waals surface area contributed by atoms with Crippen molar-refractivity contribution in [2.45, 2.75) is 32.1 Å². The number of hydrogen-bond acceptors (Lipinski definition) is 6. The number of aromatic nitrogens is 2. The second-order valence-corrected chi connectivity index (χ2v) is 7.66. The summed E-state index contributed by atoms with van der Waals surface area (Å²) in [6, 6.07) is 9.69. The number of benzene rings is 1. The van der Waals surface area contributed by atoms with Gasteiger partial charge in [0.2, 0.25) is 5.88 Å². The fraction of sp³-hybridized carbons (Fsp3) is 0.273. The predicted molar refractivity (Wildman–Crippen MR) is 109 cm³/mol. The van der Waals surface area contributed by atoms with Gasteiger partial charge in [-0.05, 0) is 56.0 Å². The zero-order valence-corrected chi connectivity index (χ0v) is 16.0. The zero-order valence-electron chi connectivity index (χ0n) is 16.0. The van der Waals surface area contributed by atoms with Crippen LogP contribution in [0.15, 0.2) is 42.7 Å². The molecule has 2 aliphatic rings. The van der Waals surface area contributed by atoms with Gasteiger partial charge in [0.1, 0.15) is 11.5 Å². The van der Waals surface area contributed by atoms with Gasteiger partial charge in [-0.1, -0.05) is 6.07 Å². The Balaban J connectivity index is 1.38. The number of hydrogen-bond donors (Lipinski definition) is 2. The molecule has 1 fully saturated rings. The van der Waals surface area contributed by atoms with Crippen LogP contribution in [0.2, 0.25) is 0 Å². The van der Waals surface area contributed by atoms with Crippen molar-refractivity contribution in [2.24, 2.45) is 0 Å². The third-order valence-corrected chi connectivity index (χ3v) is 5.61. The van der Waals surface area contributed by atoms with Gasteiger partial charge in [0.15, 0.2) is 5.82 Å². The number of rotatable bonds is 4. The van der Waals surface area contributed by atoms with E-state index in [0.29, 0.717) is 17.4 Å². The molecule has 5 rings (SSSR count). The highest BCUT2D eigenvalue weighted by Gasteiger charge is 2.53. The molecule has 28 heavy (non-hydrogen) atoms. The van der Waals surface area contributed by atoms with E-state index in [0.717, 1.165) is 47.8 Å². The van der Waals surface area contributed by atoms with Crippen molar-refractivity contribution in [3.05, 3.63) is 59.4 Å². The van der Waals surface area contributed by atoms with E-state index in [1.165, 1.54) is 5.56 Å². The van der Waals surface area contributed by atoms with Crippen LogP contribution < -0.4 is 20.5 Å². The van der Waals surface area contributed by atoms with E-state index in [4.69, 9.17) is 15.2 Å². The molecule has 3 heterocycles. The monoisotopic (exact) mass is 374 g/mol. The van der Waals surface area contributed by atoms with Crippen LogP contribution in [0.4, 0.5) is 17.2 Å². The molecule has 6 heteroatoms. The molecule has 0 radical (unpaired) electrons. The smallest absolute Gasteiger partial charge is 0.219 e. The molecule has 0 atom stereocenters. The lowest BCUT2D eigenvalue weighted by Crippen LogP contribution is -2.08. The van der Waals surface area contributed by atoms with Crippen molar-refractivity contribution in [3.63, 3.8) is 0 Å². The Kier molecular flexibility index (Phi) is 3.69. The average Bonchev–Trinajstić information content (AvgIpc) is 3.37. The van der Waals surface area contributed by atoms with Crippen molar-refractivity contribution in [1.82, 2.24) is 9.97 Å². The normalized spacial score (nSPS) is 15.8. The average molecular weight is 374 g/mol. The molecule has 0 unspecified atom stereocenters. The third-order valence-electron chi connectivity index (χ3n) is 5.61. The zero-order chi connectivity index (χ0) is 19.3. The highest BCUT2D eigenvalue weighted by Crippen LogP contribution is 2.59. The molecule has 6 nitrogen and oxygen atoms in total. The number of nitrogens with two attached hydrogens (primary N) is 1. The molecule has 3 N–H and O–H groups in total. The van der Waals surface area contributed by atoms with E-state index in [9.17, 15) is 0 Å². The second-order valence-electron chi connectivity index (χ2n) is 7.66. The number of nitrogens with one attached hydrogen (secondary N) is 1. The summed E-state index contributed by atoms with van der Waals surface area (Å²) in [7, 11) is 0. The summed E-state index contributed by atoms with van der Waals surface area (Å²) in [5.74, 6) is 2.99. The van der Waals surface area contributed by atoms with E-state index in [2.05, 4.69) is 22.2 Å². The summed E-state index contributed by atoms with van der Waals surface area (Å²) >= 11 is 0. The van der Waals surface area contributed by atoms with Crippen LogP contribution in [-0.4, -0.2) is 16.6 Å². The standard InChI is InChI=1S/C22H22N4O2/c1-13-7-10-24-21(19(13)23)26-15-4-6-17(25-11-15)28-16-5-3-14(2)20-18(16)22(8-9-22)12-27-20/h3-7,10-11H,8-9,12,23H2,1-2H3,(H,24,26). The topological polar surface area (TPSA) is 82.3 Å². The molecule has 142 valence electrons. The van der Waals surface area contributed by atoms with Crippen LogP contribution in [0.25, 0.3) is 0 Å². The van der Waals surface area contributed by atoms with Crippen LogP contribution in [-0.2, 0) is 5.41 Å². The van der Waals surface area contributed by atoms with Crippen LogP contribution in [0, 0.1) is 13.8 Å². The van der Waals surface area contributed by atoms with Gasteiger partial charge in [0.05, 0.1) is 24.2 Å². The van der Waals surface area contributed by atoms with Gasteiger partial charge in [0, 0.05) is 23.2 Å². The van der Waals surface area contributed by atoms with E-state index in [1.807, 2.05) is 37.3 Å². The van der Waals surface area contributed by atoms with Crippen molar-refractivity contribution in [1.29, 1.82) is 0 Å². The number of ether oxygens (including phenoxy) is 2. The Morgan fingerprint density at radius 2 is 1.93 bits per heavy atom. The molecule has 2 aromatic heterocycles. The van der Waals surface area contributed by atoms with E-state index < -0.39 is 0 Å². The predicted octanol–water partition coefficient (Wildman–Crippen LogP) is 4.64. The Morgan fingerprint density at radius 1 is 1.07 bits per heavy atom. The maximum Gasteiger partial charge on any atom is 0.219 e. The lowest BCUT2D eigenvalue weighted by Gasteiger charge is -2.14. The van der Waals surface area contributed by atoms with Gasteiger partial charge in [-0.15, -0.1) is 0 Å². The summed E-state index contributed by atoms with van der Waals surface area (Å²) in [6.45, 7) is 4.78. The van der Waals surface area contributed by atoms with Crippen molar-refractivity contribution < 1.29 is 9.47 Å². The number of aryl methyl sites for hydroxylation is 2. The van der Waals surface area contributed by atoms with E-state index >= 15 is 0 Å². The molecular formula is C22H22N4O2. The fourth-order valence-corrected chi connectivity index (χ4v) is 3.70. The molecule has 0 bridgehead atoms. The first-order valence-corrected chi connectivity index (χ1v) is 9.45. The number of pyridine rings is 2. The summed E-state index contributed by atoms with van der Waals surface area (Å²) in [4.78, 5) is 8.73. The van der Waals surface area contributed by atoms with Crippen LogP contribution in [0.5, 0.6) is 17.4 Å². The summed E-state index contributed by atoms with van der Waals surface area (Å²) in [5.41, 5.74) is 11.0. The Labute approximate surface area is 163 Å². The maximum atomic E-state index is 6.14. The molecule has 1 aromatic carbocycles. The number of anilines is 3. The number of fused-ring (bicyclic) bond motifs is 2. The molecule has 1 aliphatic carbocycles. The Bertz CT molecular complexity index is 1060. The summed E-state index contributed by atoms with van der Waals surface area (Å²) in [6.07, 6.45) is 5.76. The molecular weight excluding hydrogens is 352 g/mol. The molecule has 0 amide bonds. The molecule has 0 saturated heterocycles. The fourth-order valence-electron chi connectivity index (χ4n) is 3.70. The Morgan fingerprint density at radius 3 is 2.68 bits per heavy atom. The first-order valence-electron chi connectivity index (χ1n) is 9.45. The molecule has 1 saturated carbocycles. The van der Waals surface area contributed by atoms with Gasteiger partial charge in [-0.3, -0.25) is 0 Å².